The monoisotopic (exact) mass is 254 g/mol. The fourth-order valence-corrected chi connectivity index (χ4v) is 1.66. The van der Waals surface area contributed by atoms with Crippen molar-refractivity contribution in [1.82, 2.24) is 9.78 Å². The smallest absolute Gasteiger partial charge is 0.305 e. The van der Waals surface area contributed by atoms with Crippen LogP contribution >= 0.6 is 0 Å². The number of ether oxygens (including phenoxy) is 1. The van der Waals surface area contributed by atoms with E-state index in [0.717, 1.165) is 24.1 Å². The van der Waals surface area contributed by atoms with Gasteiger partial charge in [0, 0.05) is 24.7 Å². The van der Waals surface area contributed by atoms with E-state index >= 15 is 0 Å². The zero-order chi connectivity index (χ0) is 13.5. The van der Waals surface area contributed by atoms with Crippen LogP contribution in [0, 0.1) is 6.92 Å². The topological polar surface area (TPSA) is 64.3 Å². The van der Waals surface area contributed by atoms with Crippen LogP contribution < -0.4 is 0 Å². The molecule has 0 bridgehead atoms. The summed E-state index contributed by atoms with van der Waals surface area (Å²) in [5.41, 5.74) is 1.70. The van der Waals surface area contributed by atoms with Crippen molar-refractivity contribution in [2.24, 2.45) is 7.05 Å². The lowest BCUT2D eigenvalue weighted by atomic mass is 10.1. The molecule has 5 heteroatoms. The lowest BCUT2D eigenvalue weighted by Crippen LogP contribution is -2.08. The molecule has 1 unspecified atom stereocenters. The molecule has 0 aliphatic heterocycles. The maximum atomic E-state index is 11.4. The molecule has 0 aliphatic rings. The molecule has 1 atom stereocenters. The fourth-order valence-electron chi connectivity index (χ4n) is 1.66. The van der Waals surface area contributed by atoms with E-state index < -0.39 is 6.10 Å². The summed E-state index contributed by atoms with van der Waals surface area (Å²) in [4.78, 5) is 11.4. The van der Waals surface area contributed by atoms with E-state index in [2.05, 4.69) is 5.10 Å². The van der Waals surface area contributed by atoms with Gasteiger partial charge in [-0.15, -0.1) is 0 Å². The molecule has 0 aliphatic carbocycles. The van der Waals surface area contributed by atoms with Gasteiger partial charge in [-0.3, -0.25) is 9.48 Å². The highest BCUT2D eigenvalue weighted by molar-refractivity contribution is 5.69. The van der Waals surface area contributed by atoms with Gasteiger partial charge in [0.05, 0.1) is 18.9 Å². The Morgan fingerprint density at radius 3 is 2.89 bits per heavy atom. The van der Waals surface area contributed by atoms with Crippen LogP contribution in [0.4, 0.5) is 0 Å². The van der Waals surface area contributed by atoms with Gasteiger partial charge in [-0.2, -0.15) is 5.10 Å². The van der Waals surface area contributed by atoms with Gasteiger partial charge in [0.15, 0.2) is 0 Å². The molecule has 0 amide bonds. The molecule has 0 fully saturated rings. The van der Waals surface area contributed by atoms with Crippen molar-refractivity contribution in [2.45, 2.75) is 45.6 Å². The molecular weight excluding hydrogens is 232 g/mol. The van der Waals surface area contributed by atoms with Crippen LogP contribution in [0.1, 0.15) is 50.0 Å². The highest BCUT2D eigenvalue weighted by Gasteiger charge is 2.15. The average molecular weight is 254 g/mol. The maximum absolute atomic E-state index is 11.4. The zero-order valence-corrected chi connectivity index (χ0v) is 11.3. The van der Waals surface area contributed by atoms with Gasteiger partial charge in [0.1, 0.15) is 0 Å². The predicted octanol–water partition coefficient (Wildman–Crippen LogP) is 1.89. The second kappa shape index (κ2) is 7.16. The molecule has 1 aromatic heterocycles. The fraction of sp³-hybridized carbons (Fsp3) is 0.692. The summed E-state index contributed by atoms with van der Waals surface area (Å²) in [6.45, 7) is 4.41. The molecule has 0 aromatic carbocycles. The molecule has 0 radical (unpaired) electrons. The maximum Gasteiger partial charge on any atom is 0.305 e. The van der Waals surface area contributed by atoms with E-state index in [4.69, 9.17) is 4.74 Å². The Labute approximate surface area is 108 Å². The second-order valence-corrected chi connectivity index (χ2v) is 4.44. The predicted molar refractivity (Wildman–Crippen MR) is 68.0 cm³/mol. The summed E-state index contributed by atoms with van der Waals surface area (Å²) in [6.07, 6.45) is 3.48. The third kappa shape index (κ3) is 4.14. The molecule has 1 aromatic rings. The van der Waals surface area contributed by atoms with Gasteiger partial charge in [-0.25, -0.2) is 0 Å². The van der Waals surface area contributed by atoms with E-state index in [-0.39, 0.29) is 12.4 Å². The van der Waals surface area contributed by atoms with Crippen LogP contribution in [-0.4, -0.2) is 27.5 Å². The first kappa shape index (κ1) is 14.7. The summed E-state index contributed by atoms with van der Waals surface area (Å²) < 4.78 is 6.74. The van der Waals surface area contributed by atoms with E-state index in [1.807, 2.05) is 20.9 Å². The number of aryl methyl sites for hydroxylation is 1. The third-order valence-electron chi connectivity index (χ3n) is 3.02. The lowest BCUT2D eigenvalue weighted by Gasteiger charge is -2.10. The minimum absolute atomic E-state index is 0.235. The Balaban J connectivity index is 2.35. The van der Waals surface area contributed by atoms with Crippen molar-refractivity contribution in [3.8, 4) is 0 Å². The Hall–Kier alpha value is -1.36. The molecule has 1 heterocycles. The van der Waals surface area contributed by atoms with Crippen molar-refractivity contribution < 1.29 is 14.6 Å². The van der Waals surface area contributed by atoms with Gasteiger partial charge in [0.2, 0.25) is 0 Å². The van der Waals surface area contributed by atoms with E-state index in [1.165, 1.54) is 0 Å². The SMILES string of the molecule is CCCCOC(=O)CCC(O)c1cnn(C)c1C. The number of aliphatic hydroxyl groups excluding tert-OH is 1. The molecule has 18 heavy (non-hydrogen) atoms. The van der Waals surface area contributed by atoms with Crippen LogP contribution in [-0.2, 0) is 16.6 Å². The minimum Gasteiger partial charge on any atom is -0.466 e. The highest BCUT2D eigenvalue weighted by atomic mass is 16.5. The van der Waals surface area contributed by atoms with Gasteiger partial charge in [-0.1, -0.05) is 13.3 Å². The van der Waals surface area contributed by atoms with Gasteiger partial charge >= 0.3 is 5.97 Å². The third-order valence-corrected chi connectivity index (χ3v) is 3.02. The van der Waals surface area contributed by atoms with Gasteiger partial charge in [0.25, 0.3) is 0 Å². The van der Waals surface area contributed by atoms with Crippen molar-refractivity contribution in [3.05, 3.63) is 17.5 Å². The number of hydrogen-bond acceptors (Lipinski definition) is 4. The molecule has 0 saturated carbocycles. The molecule has 5 nitrogen and oxygen atoms in total. The number of nitrogens with zero attached hydrogens (tertiary/aromatic N) is 2. The van der Waals surface area contributed by atoms with Crippen molar-refractivity contribution in [2.75, 3.05) is 6.61 Å². The number of rotatable bonds is 7. The summed E-state index contributed by atoms with van der Waals surface area (Å²) in [7, 11) is 1.82. The molecule has 0 saturated heterocycles. The van der Waals surface area contributed by atoms with E-state index in [1.54, 1.807) is 10.9 Å². The summed E-state index contributed by atoms with van der Waals surface area (Å²) in [5.74, 6) is -0.246. The average Bonchev–Trinajstić information content (AvgIpc) is 2.67. The molecule has 0 spiro atoms. The first-order valence-corrected chi connectivity index (χ1v) is 6.38. The first-order valence-electron chi connectivity index (χ1n) is 6.38. The number of carbonyl (C=O) groups is 1. The Morgan fingerprint density at radius 2 is 2.33 bits per heavy atom. The number of hydrogen-bond donors (Lipinski definition) is 1. The van der Waals surface area contributed by atoms with Crippen LogP contribution in [0.15, 0.2) is 6.20 Å². The number of aromatic nitrogens is 2. The first-order chi connectivity index (χ1) is 8.56. The van der Waals surface area contributed by atoms with Crippen LogP contribution in [0.2, 0.25) is 0 Å². The summed E-state index contributed by atoms with van der Waals surface area (Å²) in [6, 6.07) is 0. The largest absolute Gasteiger partial charge is 0.466 e. The zero-order valence-electron chi connectivity index (χ0n) is 11.3. The van der Waals surface area contributed by atoms with Crippen LogP contribution in [0.5, 0.6) is 0 Å². The standard InChI is InChI=1S/C13H22N2O3/c1-4-5-8-18-13(17)7-6-12(16)11-9-14-15(3)10(11)2/h9,12,16H,4-8H2,1-3H3. The van der Waals surface area contributed by atoms with Gasteiger partial charge in [-0.05, 0) is 19.8 Å². The Morgan fingerprint density at radius 1 is 1.61 bits per heavy atom. The van der Waals surface area contributed by atoms with E-state index in [9.17, 15) is 9.90 Å². The van der Waals surface area contributed by atoms with E-state index in [0.29, 0.717) is 13.0 Å². The number of esters is 1. The highest BCUT2D eigenvalue weighted by Crippen LogP contribution is 2.21. The summed E-state index contributed by atoms with van der Waals surface area (Å²) >= 11 is 0. The normalized spacial score (nSPS) is 12.4. The van der Waals surface area contributed by atoms with Crippen LogP contribution in [0.25, 0.3) is 0 Å². The Kier molecular flexibility index (Phi) is 5.85. The quantitative estimate of drug-likeness (QED) is 0.596. The van der Waals surface area contributed by atoms with Crippen molar-refractivity contribution in [1.29, 1.82) is 0 Å². The number of aliphatic hydroxyl groups is 1. The molecular formula is C13H22N2O3. The minimum atomic E-state index is -0.655. The molecule has 1 N–H and O–H groups in total. The molecule has 102 valence electrons. The molecule has 1 rings (SSSR count). The van der Waals surface area contributed by atoms with Gasteiger partial charge < -0.3 is 9.84 Å². The van der Waals surface area contributed by atoms with Crippen molar-refractivity contribution in [3.63, 3.8) is 0 Å². The summed E-state index contributed by atoms with van der Waals surface area (Å²) in [5, 5.41) is 14.0. The Bertz CT molecular complexity index is 388. The number of carbonyl (C=O) groups excluding carboxylic acids is 1. The number of unbranched alkanes of at least 4 members (excludes halogenated alkanes) is 1. The van der Waals surface area contributed by atoms with Crippen molar-refractivity contribution >= 4 is 5.97 Å². The lowest BCUT2D eigenvalue weighted by molar-refractivity contribution is -0.144. The van der Waals surface area contributed by atoms with Crippen LogP contribution in [0.3, 0.4) is 0 Å². The second-order valence-electron chi connectivity index (χ2n) is 4.44.